The molecule has 1 aliphatic heterocycles. The normalized spacial score (nSPS) is 27.5. The highest BCUT2D eigenvalue weighted by Crippen LogP contribution is 2.39. The third-order valence-electron chi connectivity index (χ3n) is 4.65. The van der Waals surface area contributed by atoms with E-state index in [1.165, 1.54) is 6.08 Å². The summed E-state index contributed by atoms with van der Waals surface area (Å²) >= 11 is 0. The van der Waals surface area contributed by atoms with Gasteiger partial charge in [0.2, 0.25) is 15.9 Å². The summed E-state index contributed by atoms with van der Waals surface area (Å²) in [6, 6.07) is 7.79. The van der Waals surface area contributed by atoms with Crippen molar-refractivity contribution in [1.29, 1.82) is 0 Å². The van der Waals surface area contributed by atoms with Crippen LogP contribution >= 0.6 is 0 Å². The molecule has 0 unspecified atom stereocenters. The van der Waals surface area contributed by atoms with Gasteiger partial charge in [0.1, 0.15) is 0 Å². The summed E-state index contributed by atoms with van der Waals surface area (Å²) in [6.45, 7) is 2.30. The van der Waals surface area contributed by atoms with Crippen molar-refractivity contribution in [1.82, 2.24) is 9.62 Å². The van der Waals surface area contributed by atoms with Crippen LogP contribution in [-0.2, 0) is 21.4 Å². The molecule has 118 valence electrons. The number of aryl methyl sites for hydroxylation is 1. The number of rotatable bonds is 4. The van der Waals surface area contributed by atoms with Crippen LogP contribution in [0.4, 0.5) is 0 Å². The number of carbonyl (C=O) groups excluding carboxylic acids is 1. The van der Waals surface area contributed by atoms with Gasteiger partial charge in [-0.3, -0.25) is 4.79 Å². The van der Waals surface area contributed by atoms with Crippen molar-refractivity contribution in [3.05, 3.63) is 47.5 Å². The van der Waals surface area contributed by atoms with Crippen LogP contribution in [0.5, 0.6) is 0 Å². The molecule has 5 nitrogen and oxygen atoms in total. The minimum absolute atomic E-state index is 0.0125. The summed E-state index contributed by atoms with van der Waals surface area (Å²) in [6.07, 6.45) is 3.72. The summed E-state index contributed by atoms with van der Waals surface area (Å²) in [4.78, 5) is 13.2. The van der Waals surface area contributed by atoms with E-state index in [0.717, 1.165) is 11.1 Å². The van der Waals surface area contributed by atoms with E-state index in [0.29, 0.717) is 13.0 Å². The van der Waals surface area contributed by atoms with E-state index in [4.69, 9.17) is 0 Å². The predicted octanol–water partition coefficient (Wildman–Crippen LogP) is 1.20. The first-order chi connectivity index (χ1) is 10.4. The molecular weight excluding hydrogens is 300 g/mol. The largest absolute Gasteiger partial charge is 0.339 e. The average Bonchev–Trinajstić information content (AvgIpc) is 2.44. The number of amides is 1. The van der Waals surface area contributed by atoms with Gasteiger partial charge in [0.15, 0.2) is 0 Å². The van der Waals surface area contributed by atoms with Gasteiger partial charge in [0.05, 0.1) is 5.25 Å². The second-order valence-corrected chi connectivity index (χ2v) is 8.06. The van der Waals surface area contributed by atoms with Crippen LogP contribution in [0, 0.1) is 12.8 Å². The van der Waals surface area contributed by atoms with Crippen LogP contribution in [0.15, 0.2) is 36.4 Å². The van der Waals surface area contributed by atoms with Gasteiger partial charge < -0.3 is 4.90 Å². The average molecular weight is 320 g/mol. The predicted molar refractivity (Wildman–Crippen MR) is 84.5 cm³/mol. The van der Waals surface area contributed by atoms with Gasteiger partial charge in [0.25, 0.3) is 0 Å². The molecule has 6 heteroatoms. The summed E-state index contributed by atoms with van der Waals surface area (Å²) in [5.41, 5.74) is 2.09. The highest BCUT2D eigenvalue weighted by molar-refractivity contribution is 7.90. The second-order valence-electron chi connectivity index (χ2n) is 6.08. The molecule has 2 aliphatic rings. The Kier molecular flexibility index (Phi) is 3.82. The zero-order chi connectivity index (χ0) is 15.9. The van der Waals surface area contributed by atoms with Gasteiger partial charge in [-0.15, -0.1) is 0 Å². The van der Waals surface area contributed by atoms with Crippen molar-refractivity contribution in [2.24, 2.45) is 5.92 Å². The first kappa shape index (κ1) is 15.2. The number of nitrogens with zero attached hydrogens (tertiary/aromatic N) is 1. The van der Waals surface area contributed by atoms with Crippen LogP contribution in [0.25, 0.3) is 0 Å². The number of hydrogen-bond acceptors (Lipinski definition) is 3. The fourth-order valence-electron chi connectivity index (χ4n) is 3.08. The Labute approximate surface area is 131 Å². The second kappa shape index (κ2) is 5.52. The molecule has 1 fully saturated rings. The van der Waals surface area contributed by atoms with Crippen molar-refractivity contribution in [2.75, 3.05) is 7.05 Å². The SMILES string of the molecule is Cc1ccc(CNS(=O)(=O)[C@@H]2C[C@@H]3[C@H]2C=CC(=O)N3C)cc1. The molecule has 22 heavy (non-hydrogen) atoms. The van der Waals surface area contributed by atoms with Gasteiger partial charge in [-0.25, -0.2) is 13.1 Å². The zero-order valence-corrected chi connectivity index (χ0v) is 13.5. The van der Waals surface area contributed by atoms with E-state index >= 15 is 0 Å². The highest BCUT2D eigenvalue weighted by Gasteiger charge is 2.50. The van der Waals surface area contributed by atoms with Gasteiger partial charge in [-0.2, -0.15) is 0 Å². The molecule has 1 heterocycles. The lowest BCUT2D eigenvalue weighted by atomic mass is 9.76. The maximum atomic E-state index is 12.4. The van der Waals surface area contributed by atoms with E-state index in [2.05, 4.69) is 4.72 Å². The minimum atomic E-state index is -3.38. The van der Waals surface area contributed by atoms with E-state index in [9.17, 15) is 13.2 Å². The van der Waals surface area contributed by atoms with E-state index < -0.39 is 15.3 Å². The topological polar surface area (TPSA) is 66.5 Å². The van der Waals surface area contributed by atoms with Crippen LogP contribution in [0.3, 0.4) is 0 Å². The highest BCUT2D eigenvalue weighted by atomic mass is 32.2. The summed E-state index contributed by atoms with van der Waals surface area (Å²) in [7, 11) is -1.65. The van der Waals surface area contributed by atoms with Crippen LogP contribution < -0.4 is 4.72 Å². The fraction of sp³-hybridized carbons (Fsp3) is 0.438. The third-order valence-corrected chi connectivity index (χ3v) is 6.50. The number of sulfonamides is 1. The van der Waals surface area contributed by atoms with Gasteiger partial charge in [0, 0.05) is 25.6 Å². The number of hydrogen-bond donors (Lipinski definition) is 1. The monoisotopic (exact) mass is 320 g/mol. The molecular formula is C16H20N2O3S. The molecule has 1 amide bonds. The van der Waals surface area contributed by atoms with E-state index in [1.54, 1.807) is 18.0 Å². The number of nitrogens with one attached hydrogen (secondary N) is 1. The Morgan fingerprint density at radius 1 is 1.27 bits per heavy atom. The molecule has 0 saturated heterocycles. The molecule has 3 atom stereocenters. The smallest absolute Gasteiger partial charge is 0.246 e. The summed E-state index contributed by atoms with van der Waals surface area (Å²) in [5, 5.41) is -0.449. The van der Waals surface area contributed by atoms with Gasteiger partial charge in [-0.1, -0.05) is 35.9 Å². The summed E-state index contributed by atoms with van der Waals surface area (Å²) < 4.78 is 27.6. The van der Waals surface area contributed by atoms with Gasteiger partial charge >= 0.3 is 0 Å². The number of fused-ring (bicyclic) bond motifs is 1. The quantitative estimate of drug-likeness (QED) is 0.906. The van der Waals surface area contributed by atoms with Crippen LogP contribution in [-0.4, -0.2) is 37.6 Å². The van der Waals surface area contributed by atoms with E-state index in [1.807, 2.05) is 31.2 Å². The fourth-order valence-corrected chi connectivity index (χ4v) is 4.80. The first-order valence-corrected chi connectivity index (χ1v) is 8.92. The van der Waals surface area contributed by atoms with Crippen molar-refractivity contribution in [2.45, 2.75) is 31.2 Å². The zero-order valence-electron chi connectivity index (χ0n) is 12.7. The molecule has 0 bridgehead atoms. The molecule has 0 aromatic heterocycles. The molecule has 0 radical (unpaired) electrons. The first-order valence-electron chi connectivity index (χ1n) is 7.37. The molecule has 1 aromatic carbocycles. The number of carbonyl (C=O) groups is 1. The molecule has 0 spiro atoms. The van der Waals surface area contributed by atoms with Crippen molar-refractivity contribution >= 4 is 15.9 Å². The molecule has 1 saturated carbocycles. The molecule has 1 aliphatic carbocycles. The standard InChI is InChI=1S/C16H20N2O3S/c1-11-3-5-12(6-4-11)10-17-22(20,21)15-9-14-13(15)7-8-16(19)18(14)2/h3-8,13-15,17H,9-10H2,1-2H3/t13-,14-,15-/m1/s1. The van der Waals surface area contributed by atoms with Crippen molar-refractivity contribution < 1.29 is 13.2 Å². The maximum absolute atomic E-state index is 12.4. The Bertz CT molecular complexity index is 709. The Hall–Kier alpha value is -1.66. The third kappa shape index (κ3) is 2.68. The Morgan fingerprint density at radius 3 is 2.64 bits per heavy atom. The minimum Gasteiger partial charge on any atom is -0.339 e. The Balaban J connectivity index is 1.66. The number of benzene rings is 1. The lowest BCUT2D eigenvalue weighted by molar-refractivity contribution is -0.130. The van der Waals surface area contributed by atoms with Crippen LogP contribution in [0.1, 0.15) is 17.5 Å². The molecule has 1 aromatic rings. The lowest BCUT2D eigenvalue weighted by Crippen LogP contribution is -2.61. The number of likely N-dealkylation sites (N-methyl/N-ethyl adjacent to an activating group) is 1. The maximum Gasteiger partial charge on any atom is 0.246 e. The van der Waals surface area contributed by atoms with Gasteiger partial charge in [-0.05, 0) is 25.0 Å². The van der Waals surface area contributed by atoms with Crippen LogP contribution in [0.2, 0.25) is 0 Å². The summed E-state index contributed by atoms with van der Waals surface area (Å²) in [5.74, 6) is -0.150. The van der Waals surface area contributed by atoms with E-state index in [-0.39, 0.29) is 17.9 Å². The molecule has 3 rings (SSSR count). The lowest BCUT2D eigenvalue weighted by Gasteiger charge is -2.48. The van der Waals surface area contributed by atoms with Crippen molar-refractivity contribution in [3.63, 3.8) is 0 Å². The Morgan fingerprint density at radius 2 is 1.95 bits per heavy atom. The van der Waals surface area contributed by atoms with Crippen molar-refractivity contribution in [3.8, 4) is 0 Å². The molecule has 1 N–H and O–H groups in total.